The number of carbonyl (C=O) groups excluding carboxylic acids is 2. The maximum absolute atomic E-state index is 11.1. The van der Waals surface area contributed by atoms with Gasteiger partial charge < -0.3 is 45.4 Å². The van der Waals surface area contributed by atoms with Gasteiger partial charge in [0.15, 0.2) is 0 Å². The molecule has 1 fully saturated rings. The fourth-order valence-electron chi connectivity index (χ4n) is 9.59. The molecule has 12 rings (SSSR count). The molecule has 11 aromatic rings. The van der Waals surface area contributed by atoms with Gasteiger partial charge in [0.1, 0.15) is 13.2 Å². The average Bonchev–Trinajstić information content (AvgIpc) is 1.64. The Morgan fingerprint density at radius 2 is 0.959 bits per heavy atom. The summed E-state index contributed by atoms with van der Waals surface area (Å²) in [4.78, 5) is 45.9. The van der Waals surface area contributed by atoms with Gasteiger partial charge in [-0.05, 0) is 252 Å². The number of aromatic nitrogens is 3. The standard InChI is InChI=1S/C13H17NS.C13H15NS.C10H19BO2.C9H9BrClNO.C9H9BrClNS.C9H8BrNS.C9H9ClO2.C9H10O3.C6H5BrClN.CH4O.CH4.BBr3/c2*1-4-12-14-11-7-5-6-10(8-9(2)3)13(11)15-12;1-8(2)7-11-12-9(3,4)10(5,6)13-11;2*1-2-8(13)12-7-5-3-4-6(10)9(7)11;1-2-8-11-7-5-3-4-6(10)9(7)12-8;2*10-9(11)7-12-6-8-4-2-1-3-5-8;7-4-2-1-3-5(9)6(4)8;1-2;;2-1(3)4/h5-7,9H,4,8H2,1-3H3;5-8H,4H2,1-3H3;7H,1-6H3;2*3-5H,2H2,1H3,(H,12,13);3-5H,2H2,1H3;1-5H,6-7H2;1-5H,6-7H2,(H,10,11);1-3H,9H2;2H,1H3;1H4;. The van der Waals surface area contributed by atoms with Gasteiger partial charge in [0.2, 0.25) is 11.1 Å². The number of thiazole rings is 3. The number of hydrogen-bond donors (Lipinski definition) is 5. The van der Waals surface area contributed by atoms with Gasteiger partial charge in [-0.25, -0.2) is 19.7 Å². The monoisotopic (exact) mass is 2250 g/mol. The molecular formula is C89H109B2Br7Cl4N6O9S4. The van der Waals surface area contributed by atoms with Gasteiger partial charge in [-0.2, -0.15) is 0 Å². The molecule has 1 saturated heterocycles. The van der Waals surface area contributed by atoms with E-state index in [-0.39, 0.29) is 48.1 Å². The number of nitrogen functional groups attached to an aromatic ring is 1. The number of fused-ring (bicyclic) bond motifs is 3. The van der Waals surface area contributed by atoms with E-state index >= 15 is 0 Å². The summed E-state index contributed by atoms with van der Waals surface area (Å²) < 4.78 is 29.3. The third-order valence-electron chi connectivity index (χ3n) is 15.9. The van der Waals surface area contributed by atoms with Crippen LogP contribution in [0.5, 0.6) is 0 Å². The first-order valence-corrected chi connectivity index (χ1v) is 48.2. The van der Waals surface area contributed by atoms with Crippen molar-refractivity contribution < 1.29 is 43.4 Å². The molecule has 1 aliphatic heterocycles. The Kier molecular flexibility index (Phi) is 59.5. The highest BCUT2D eigenvalue weighted by Gasteiger charge is 2.50. The van der Waals surface area contributed by atoms with Crippen molar-refractivity contribution in [1.82, 2.24) is 15.0 Å². The second-order valence-electron chi connectivity index (χ2n) is 27.2. The van der Waals surface area contributed by atoms with E-state index in [0.29, 0.717) is 52.0 Å². The van der Waals surface area contributed by atoms with Gasteiger partial charge >= 0.3 is 16.3 Å². The zero-order valence-corrected chi connectivity index (χ0v) is 87.5. The molecule has 121 heavy (non-hydrogen) atoms. The number of aliphatic hydroxyl groups excluding tert-OH is 1. The van der Waals surface area contributed by atoms with E-state index in [4.69, 9.17) is 93.4 Å². The lowest BCUT2D eigenvalue weighted by molar-refractivity contribution is -0.142. The van der Waals surface area contributed by atoms with E-state index in [1.54, 1.807) is 30.4 Å². The third kappa shape index (κ3) is 45.8. The normalized spacial score (nSPS) is 11.5. The Bertz CT molecular complexity index is 4810. The molecule has 15 nitrogen and oxygen atoms in total. The number of amides is 1. The van der Waals surface area contributed by atoms with Crippen molar-refractivity contribution in [3.05, 3.63) is 257 Å². The van der Waals surface area contributed by atoms with Gasteiger partial charge in [0.25, 0.3) is 0 Å². The van der Waals surface area contributed by atoms with Crippen molar-refractivity contribution in [3.8, 4) is 0 Å². The van der Waals surface area contributed by atoms with Crippen LogP contribution in [0.2, 0.25) is 15.1 Å². The summed E-state index contributed by atoms with van der Waals surface area (Å²) in [7, 11) is 0.815. The van der Waals surface area contributed by atoms with Crippen LogP contribution in [-0.4, -0.2) is 89.1 Å². The number of rotatable bonds is 19. The minimum Gasteiger partial charge on any atom is -0.480 e. The van der Waals surface area contributed by atoms with Gasteiger partial charge in [-0.3, -0.25) is 9.59 Å². The Morgan fingerprint density at radius 1 is 0.562 bits per heavy atom. The Labute approximate surface area is 813 Å². The first-order valence-electron chi connectivity index (χ1n) is 37.9. The lowest BCUT2D eigenvalue weighted by atomic mass is 9.88. The molecule has 0 atom stereocenters. The lowest BCUT2D eigenvalue weighted by Crippen LogP contribution is -2.41. The fourth-order valence-corrected chi connectivity index (χ4v) is 14.9. The van der Waals surface area contributed by atoms with Crippen molar-refractivity contribution in [2.24, 2.45) is 5.92 Å². The van der Waals surface area contributed by atoms with E-state index in [9.17, 15) is 14.4 Å². The summed E-state index contributed by atoms with van der Waals surface area (Å²) in [6, 6.07) is 54.6. The molecule has 656 valence electrons. The number of carboxylic acids is 1. The molecule has 3 aromatic heterocycles. The zero-order chi connectivity index (χ0) is 90.2. The summed E-state index contributed by atoms with van der Waals surface area (Å²) in [6.07, 6.45) is 7.73. The SMILES string of the molecule is BrB(Br)Br.C.CC(C)=CB1OC(C)(C)C(C)(C)O1.CCC(=O)Nc1cccc(Br)c1Cl.CCC(=S)Nc1cccc(Br)c1Cl.CCc1nc2cccc(Br)c2s1.CCc1nc2cccc(C=C(C)C)c2s1.CCc1nc2cccc(CC(C)C)c2s1.CO.Nc1cccc(Br)c1Cl.O=C(Cl)COCc1ccccc1.O=C(O)COCc1ccccc1. The summed E-state index contributed by atoms with van der Waals surface area (Å²) in [5.41, 5.74) is 17.9. The van der Waals surface area contributed by atoms with Crippen molar-refractivity contribution >= 4 is 290 Å². The van der Waals surface area contributed by atoms with Crippen LogP contribution in [0.15, 0.2) is 205 Å². The highest BCUT2D eigenvalue weighted by Crippen LogP contribution is 2.38. The van der Waals surface area contributed by atoms with Crippen molar-refractivity contribution in [2.75, 3.05) is 36.7 Å². The molecule has 0 bridgehead atoms. The summed E-state index contributed by atoms with van der Waals surface area (Å²) in [6.45, 7) is 31.9. The first kappa shape index (κ1) is 115. The molecule has 0 spiro atoms. The first-order chi connectivity index (χ1) is 56.8. The number of nitrogens with zero attached hydrogens (tertiary/aromatic N) is 3. The predicted octanol–water partition coefficient (Wildman–Crippen LogP) is 30.6. The largest absolute Gasteiger partial charge is 0.487 e. The minimum atomic E-state index is -0.939. The number of carboxylic acid groups (broad SMARTS) is 1. The number of nitrogens with one attached hydrogen (secondary N) is 2. The van der Waals surface area contributed by atoms with Crippen LogP contribution < -0.4 is 16.4 Å². The van der Waals surface area contributed by atoms with Crippen LogP contribution in [0.1, 0.15) is 161 Å². The number of carbonyl (C=O) groups is 3. The lowest BCUT2D eigenvalue weighted by Gasteiger charge is -2.32. The number of hydrogen-bond acceptors (Lipinski definition) is 16. The number of anilines is 3. The average molecular weight is 2260 g/mol. The highest BCUT2D eigenvalue weighted by molar-refractivity contribution is 9.69. The van der Waals surface area contributed by atoms with Crippen molar-refractivity contribution in [2.45, 2.75) is 174 Å². The van der Waals surface area contributed by atoms with Crippen molar-refractivity contribution in [1.29, 1.82) is 0 Å². The van der Waals surface area contributed by atoms with Gasteiger partial charge in [-0.15, -0.1) is 81.3 Å². The quantitative estimate of drug-likeness (QED) is 0.0220. The van der Waals surface area contributed by atoms with Gasteiger partial charge in [-0.1, -0.05) is 235 Å². The van der Waals surface area contributed by atoms with Crippen LogP contribution in [0.25, 0.3) is 36.7 Å². The number of allylic oxidation sites excluding steroid dienone is 2. The number of benzene rings is 8. The van der Waals surface area contributed by atoms with Crippen LogP contribution in [0, 0.1) is 5.92 Å². The molecule has 1 aliphatic rings. The summed E-state index contributed by atoms with van der Waals surface area (Å²) >= 11 is 55.9. The molecule has 0 unspecified atom stereocenters. The second-order valence-corrected chi connectivity index (χ2v) is 42.4. The number of aryl methyl sites for hydroxylation is 3. The summed E-state index contributed by atoms with van der Waals surface area (Å²) in [5, 5.41) is 26.0. The molecule has 6 N–H and O–H groups in total. The molecule has 1 amide bonds. The molecule has 0 saturated carbocycles. The molecule has 0 aliphatic carbocycles. The fraction of sp³-hybridized carbons (Fsp3) is 0.337. The number of ether oxygens (including phenoxy) is 2. The molecule has 0 radical (unpaired) electrons. The Hall–Kier alpha value is -4.34. The molecule has 4 heterocycles. The van der Waals surface area contributed by atoms with Crippen LogP contribution in [-0.2, 0) is 72.1 Å². The van der Waals surface area contributed by atoms with Gasteiger partial charge in [0.05, 0.1) is 107 Å². The number of thiocarbonyl (C=S) groups is 1. The van der Waals surface area contributed by atoms with E-state index in [1.165, 1.54) is 56.9 Å². The highest BCUT2D eigenvalue weighted by atomic mass is 79.9. The number of aliphatic hydroxyl groups is 1. The smallest absolute Gasteiger partial charge is 0.480 e. The topological polar surface area (TPSA) is 217 Å². The second kappa shape index (κ2) is 62.8. The van der Waals surface area contributed by atoms with E-state index in [1.807, 2.05) is 159 Å². The van der Waals surface area contributed by atoms with Crippen molar-refractivity contribution in [3.63, 3.8) is 0 Å². The predicted molar refractivity (Wildman–Crippen MR) is 553 cm³/mol. The Morgan fingerprint density at radius 3 is 1.36 bits per heavy atom. The van der Waals surface area contributed by atoms with Gasteiger partial charge in [0, 0.05) is 31.4 Å². The molecule has 8 aromatic carbocycles. The van der Waals surface area contributed by atoms with E-state index in [2.05, 4.69) is 267 Å². The number of aliphatic carboxylic acids is 1. The minimum absolute atomic E-state index is 0. The number of halogens is 11. The summed E-state index contributed by atoms with van der Waals surface area (Å²) in [5.74, 6) is 1.74. The Balaban J connectivity index is 0.000000676. The van der Waals surface area contributed by atoms with Crippen LogP contribution >= 0.6 is 204 Å². The maximum atomic E-state index is 11.1. The third-order valence-corrected chi connectivity index (χ3v) is 25.0. The van der Waals surface area contributed by atoms with Crippen LogP contribution in [0.3, 0.4) is 0 Å². The van der Waals surface area contributed by atoms with E-state index < -0.39 is 11.2 Å². The number of nitrogens with two attached hydrogens (primary N) is 1. The zero-order valence-electron chi connectivity index (χ0n) is 70.1. The van der Waals surface area contributed by atoms with E-state index in [0.717, 1.165) is 89.9 Å². The molecular weight excluding hydrogens is 2150 g/mol. The molecule has 32 heteroatoms. The maximum Gasteiger partial charge on any atom is 0.487 e. The van der Waals surface area contributed by atoms with Crippen LogP contribution in [0.4, 0.5) is 17.1 Å².